The Morgan fingerprint density at radius 3 is 2.60 bits per heavy atom. The summed E-state index contributed by atoms with van der Waals surface area (Å²) in [6, 6.07) is 3.44. The van der Waals surface area contributed by atoms with E-state index in [0.29, 0.717) is 12.0 Å². The standard InChI is InChI=1S/C18H20ClN3O3/c1-17(2)10-18(3,7-12(8-20)14(17)23)22(4)16(24)11-6-13(19)15(25-5)21-9-11/h6-7,9H,10H2,1-5H3/t18-/m1/s1. The number of carbonyl (C=O) groups is 2. The number of likely N-dealkylation sites (N-methyl/N-ethyl adjacent to an activating group) is 1. The minimum atomic E-state index is -0.786. The number of carbonyl (C=O) groups excluding carboxylic acids is 2. The molecule has 0 N–H and O–H groups in total. The maximum atomic E-state index is 12.9. The second-order valence-corrected chi connectivity index (χ2v) is 7.40. The van der Waals surface area contributed by atoms with E-state index in [1.807, 2.05) is 13.0 Å². The number of pyridine rings is 1. The van der Waals surface area contributed by atoms with Gasteiger partial charge in [0.2, 0.25) is 5.88 Å². The van der Waals surface area contributed by atoms with Crippen LogP contribution in [0.25, 0.3) is 0 Å². The first-order chi connectivity index (χ1) is 11.6. The lowest BCUT2D eigenvalue weighted by atomic mass is 9.68. The molecule has 0 aliphatic heterocycles. The molecular formula is C18H20ClN3O3. The van der Waals surface area contributed by atoms with Crippen LogP contribution in [0.4, 0.5) is 0 Å². The number of hydrogen-bond donors (Lipinski definition) is 0. The number of methoxy groups -OCH3 is 1. The number of allylic oxidation sites excluding steroid dienone is 1. The summed E-state index contributed by atoms with van der Waals surface area (Å²) in [7, 11) is 3.08. The number of halogens is 1. The monoisotopic (exact) mass is 361 g/mol. The molecule has 1 aliphatic carbocycles. The highest BCUT2D eigenvalue weighted by molar-refractivity contribution is 6.32. The van der Waals surface area contributed by atoms with Crippen LogP contribution in [-0.2, 0) is 4.79 Å². The predicted molar refractivity (Wildman–Crippen MR) is 93.4 cm³/mol. The molecule has 25 heavy (non-hydrogen) atoms. The summed E-state index contributed by atoms with van der Waals surface area (Å²) in [4.78, 5) is 30.7. The number of ether oxygens (including phenoxy) is 1. The van der Waals surface area contributed by atoms with E-state index in [9.17, 15) is 14.9 Å². The number of ketones is 1. The number of aromatic nitrogens is 1. The van der Waals surface area contributed by atoms with E-state index in [1.165, 1.54) is 24.3 Å². The van der Waals surface area contributed by atoms with Gasteiger partial charge in [0.1, 0.15) is 11.1 Å². The Morgan fingerprint density at radius 2 is 2.08 bits per heavy atom. The zero-order chi connectivity index (χ0) is 19.0. The fourth-order valence-electron chi connectivity index (χ4n) is 3.18. The number of rotatable bonds is 3. The van der Waals surface area contributed by atoms with Crippen molar-refractivity contribution in [1.29, 1.82) is 5.26 Å². The molecule has 0 bridgehead atoms. The molecule has 1 heterocycles. The van der Waals surface area contributed by atoms with Gasteiger partial charge in [-0.15, -0.1) is 0 Å². The molecular weight excluding hydrogens is 342 g/mol. The minimum Gasteiger partial charge on any atom is -0.480 e. The summed E-state index contributed by atoms with van der Waals surface area (Å²) in [6.45, 7) is 5.39. The van der Waals surface area contributed by atoms with E-state index in [4.69, 9.17) is 16.3 Å². The third-order valence-corrected chi connectivity index (χ3v) is 4.82. The molecule has 132 valence electrons. The van der Waals surface area contributed by atoms with Crippen LogP contribution in [0.1, 0.15) is 37.6 Å². The molecule has 0 saturated heterocycles. The van der Waals surface area contributed by atoms with Gasteiger partial charge in [-0.2, -0.15) is 5.26 Å². The van der Waals surface area contributed by atoms with Gasteiger partial charge in [0.25, 0.3) is 5.91 Å². The molecule has 2 rings (SSSR count). The molecule has 0 spiro atoms. The summed E-state index contributed by atoms with van der Waals surface area (Å²) in [5.74, 6) is -0.274. The van der Waals surface area contributed by atoms with Gasteiger partial charge in [-0.25, -0.2) is 4.98 Å². The predicted octanol–water partition coefficient (Wildman–Crippen LogP) is 3.02. The van der Waals surface area contributed by atoms with Crippen molar-refractivity contribution in [1.82, 2.24) is 9.88 Å². The Bertz CT molecular complexity index is 810. The van der Waals surface area contributed by atoms with Crippen LogP contribution in [0.15, 0.2) is 23.9 Å². The maximum Gasteiger partial charge on any atom is 0.255 e. The molecule has 1 aromatic heterocycles. The van der Waals surface area contributed by atoms with Crippen LogP contribution in [0.3, 0.4) is 0 Å². The molecule has 0 radical (unpaired) electrons. The quantitative estimate of drug-likeness (QED) is 0.826. The normalized spacial score (nSPS) is 22.0. The third-order valence-electron chi connectivity index (χ3n) is 4.55. The average molecular weight is 362 g/mol. The Hall–Kier alpha value is -2.39. The molecule has 1 atom stereocenters. The Morgan fingerprint density at radius 1 is 1.44 bits per heavy atom. The van der Waals surface area contributed by atoms with Gasteiger partial charge in [0, 0.05) is 18.7 Å². The molecule has 0 aromatic carbocycles. The van der Waals surface area contributed by atoms with Crippen molar-refractivity contribution < 1.29 is 14.3 Å². The van der Waals surface area contributed by atoms with E-state index >= 15 is 0 Å². The smallest absolute Gasteiger partial charge is 0.255 e. The molecule has 1 aromatic rings. The highest BCUT2D eigenvalue weighted by Gasteiger charge is 2.46. The zero-order valence-electron chi connectivity index (χ0n) is 14.9. The van der Waals surface area contributed by atoms with Crippen LogP contribution in [-0.4, -0.2) is 41.3 Å². The van der Waals surface area contributed by atoms with Crippen molar-refractivity contribution in [2.75, 3.05) is 14.2 Å². The van der Waals surface area contributed by atoms with Gasteiger partial charge >= 0.3 is 0 Å². The lowest BCUT2D eigenvalue weighted by molar-refractivity contribution is -0.125. The molecule has 0 saturated carbocycles. The topological polar surface area (TPSA) is 83.3 Å². The van der Waals surface area contributed by atoms with Gasteiger partial charge in [0.05, 0.1) is 23.8 Å². The SMILES string of the molecule is COc1ncc(C(=O)N(C)[C@]2(C)C=C(C#N)C(=O)C(C)(C)C2)cc1Cl. The number of Topliss-reactive ketones (excluding diaryl/α,β-unsaturated/α-hetero) is 1. The maximum absolute atomic E-state index is 12.9. The van der Waals surface area contributed by atoms with Crippen LogP contribution < -0.4 is 4.74 Å². The second kappa shape index (κ2) is 6.49. The largest absolute Gasteiger partial charge is 0.480 e. The van der Waals surface area contributed by atoms with Gasteiger partial charge in [-0.1, -0.05) is 25.4 Å². The van der Waals surface area contributed by atoms with E-state index in [2.05, 4.69) is 4.98 Å². The van der Waals surface area contributed by atoms with Gasteiger partial charge < -0.3 is 9.64 Å². The van der Waals surface area contributed by atoms with E-state index in [0.717, 1.165) is 0 Å². The number of hydrogen-bond acceptors (Lipinski definition) is 5. The minimum absolute atomic E-state index is 0.0734. The van der Waals surface area contributed by atoms with Crippen LogP contribution in [0.2, 0.25) is 5.02 Å². The Kier molecular flexibility index (Phi) is 4.92. The van der Waals surface area contributed by atoms with Gasteiger partial charge in [-0.05, 0) is 25.5 Å². The zero-order valence-corrected chi connectivity index (χ0v) is 15.6. The summed E-state index contributed by atoms with van der Waals surface area (Å²) < 4.78 is 4.99. The summed E-state index contributed by atoms with van der Waals surface area (Å²) in [6.07, 6.45) is 3.36. The fraction of sp³-hybridized carbons (Fsp3) is 0.444. The van der Waals surface area contributed by atoms with E-state index in [-0.39, 0.29) is 28.2 Å². The average Bonchev–Trinajstić information content (AvgIpc) is 2.56. The van der Waals surface area contributed by atoms with Gasteiger partial charge in [-0.3, -0.25) is 9.59 Å². The molecule has 6 nitrogen and oxygen atoms in total. The van der Waals surface area contributed by atoms with Gasteiger partial charge in [0.15, 0.2) is 5.78 Å². The first-order valence-corrected chi connectivity index (χ1v) is 8.09. The molecule has 0 fully saturated rings. The van der Waals surface area contributed by atoms with E-state index in [1.54, 1.807) is 27.0 Å². The summed E-state index contributed by atoms with van der Waals surface area (Å²) in [5, 5.41) is 9.51. The molecule has 1 aliphatic rings. The van der Waals surface area contributed by atoms with Crippen molar-refractivity contribution in [2.45, 2.75) is 32.7 Å². The van der Waals surface area contributed by atoms with Crippen molar-refractivity contribution in [3.05, 3.63) is 34.5 Å². The van der Waals surface area contributed by atoms with Crippen LogP contribution in [0, 0.1) is 16.7 Å². The van der Waals surface area contributed by atoms with Crippen molar-refractivity contribution in [2.24, 2.45) is 5.41 Å². The number of nitriles is 1. The van der Waals surface area contributed by atoms with Crippen molar-refractivity contribution >= 4 is 23.3 Å². The molecule has 0 unspecified atom stereocenters. The van der Waals surface area contributed by atoms with Crippen LogP contribution in [0.5, 0.6) is 5.88 Å². The third kappa shape index (κ3) is 3.38. The first kappa shape index (κ1) is 18.9. The highest BCUT2D eigenvalue weighted by atomic mass is 35.5. The van der Waals surface area contributed by atoms with E-state index < -0.39 is 11.0 Å². The second-order valence-electron chi connectivity index (χ2n) is 7.00. The lowest BCUT2D eigenvalue weighted by Crippen LogP contribution is -2.52. The van der Waals surface area contributed by atoms with Crippen molar-refractivity contribution in [3.63, 3.8) is 0 Å². The summed E-state index contributed by atoms with van der Waals surface area (Å²) in [5.41, 5.74) is -1.15. The lowest BCUT2D eigenvalue weighted by Gasteiger charge is -2.44. The summed E-state index contributed by atoms with van der Waals surface area (Å²) >= 11 is 6.05. The van der Waals surface area contributed by atoms with Crippen molar-refractivity contribution in [3.8, 4) is 11.9 Å². The first-order valence-electron chi connectivity index (χ1n) is 7.71. The molecule has 1 amide bonds. The Balaban J connectivity index is 2.42. The molecule has 7 heteroatoms. The number of amides is 1. The number of nitrogens with zero attached hydrogens (tertiary/aromatic N) is 3. The Labute approximate surface area is 152 Å². The highest BCUT2D eigenvalue weighted by Crippen LogP contribution is 2.40. The van der Waals surface area contributed by atoms with Crippen LogP contribution >= 0.6 is 11.6 Å². The fourth-order valence-corrected chi connectivity index (χ4v) is 3.43.